The van der Waals surface area contributed by atoms with Gasteiger partial charge in [0.15, 0.2) is 0 Å². The number of nitrogens with two attached hydrogens (primary N) is 1. The van der Waals surface area contributed by atoms with Gasteiger partial charge in [0.1, 0.15) is 6.20 Å². The number of hydrogen-bond acceptors (Lipinski definition) is 6. The van der Waals surface area contributed by atoms with E-state index in [-0.39, 0.29) is 11.6 Å². The monoisotopic (exact) mass is 255 g/mol. The molecule has 0 fully saturated rings. The molecule has 0 aliphatic rings. The van der Waals surface area contributed by atoms with Crippen LogP contribution in [0.2, 0.25) is 0 Å². The number of imidazole rings is 1. The fraction of sp³-hybridized carbons (Fsp3) is 0.444. The van der Waals surface area contributed by atoms with Gasteiger partial charge in [0.2, 0.25) is 5.82 Å². The van der Waals surface area contributed by atoms with Gasteiger partial charge in [-0.2, -0.15) is 9.38 Å². The first-order chi connectivity index (χ1) is 7.88. The van der Waals surface area contributed by atoms with Gasteiger partial charge >= 0.3 is 5.82 Å². The van der Waals surface area contributed by atoms with Gasteiger partial charge in [0, 0.05) is 17.5 Å². The number of anilines is 1. The van der Waals surface area contributed by atoms with Gasteiger partial charge in [-0.1, -0.05) is 11.3 Å². The lowest BCUT2D eigenvalue weighted by molar-refractivity contribution is -0.389. The van der Waals surface area contributed by atoms with E-state index in [4.69, 9.17) is 5.73 Å². The van der Waals surface area contributed by atoms with Gasteiger partial charge in [-0.3, -0.25) is 0 Å². The lowest BCUT2D eigenvalue weighted by Gasteiger charge is -2.18. The van der Waals surface area contributed by atoms with Gasteiger partial charge in [0.25, 0.3) is 4.96 Å². The van der Waals surface area contributed by atoms with Crippen molar-refractivity contribution in [3.63, 3.8) is 0 Å². The van der Waals surface area contributed by atoms with Crippen LogP contribution in [0.4, 0.5) is 11.6 Å². The van der Waals surface area contributed by atoms with Gasteiger partial charge in [-0.05, 0) is 18.8 Å². The molecule has 7 nitrogen and oxygen atoms in total. The average Bonchev–Trinajstić information content (AvgIpc) is 2.70. The molecular formula is C9H13N5O2S. The molecule has 2 heterocycles. The van der Waals surface area contributed by atoms with Crippen LogP contribution in [0, 0.1) is 10.1 Å². The minimum atomic E-state index is -0.453. The first-order valence-electron chi connectivity index (χ1n) is 5.01. The molecule has 0 unspecified atom stereocenters. The van der Waals surface area contributed by atoms with Crippen LogP contribution in [-0.2, 0) is 0 Å². The Kier molecular flexibility index (Phi) is 2.76. The van der Waals surface area contributed by atoms with Crippen LogP contribution >= 0.6 is 11.3 Å². The summed E-state index contributed by atoms with van der Waals surface area (Å²) in [5, 5.41) is 15.7. The second-order valence-corrected chi connectivity index (χ2v) is 5.31. The molecule has 3 N–H and O–H groups in total. The third kappa shape index (κ3) is 2.37. The molecule has 8 heteroatoms. The standard InChI is InChI=1S/C9H13N5O2S/c1-9(2,10)5-11-6-7(14(15)16)13-3-4-17-8(13)12-6/h3-4,11H,5,10H2,1-2H3. The van der Waals surface area contributed by atoms with Crippen molar-refractivity contribution in [1.82, 2.24) is 9.38 Å². The molecule has 0 aliphatic carbocycles. The highest BCUT2D eigenvalue weighted by Gasteiger charge is 2.24. The minimum absolute atomic E-state index is 0.0505. The lowest BCUT2D eigenvalue weighted by atomic mass is 10.1. The summed E-state index contributed by atoms with van der Waals surface area (Å²) in [4.78, 5) is 15.3. The van der Waals surface area contributed by atoms with Crippen LogP contribution in [0.3, 0.4) is 0 Å². The first kappa shape index (κ1) is 11.8. The second kappa shape index (κ2) is 3.97. The van der Waals surface area contributed by atoms with Crippen molar-refractivity contribution in [2.75, 3.05) is 11.9 Å². The third-order valence-corrected chi connectivity index (χ3v) is 2.88. The van der Waals surface area contributed by atoms with Gasteiger partial charge < -0.3 is 21.2 Å². The Morgan fingerprint density at radius 2 is 2.41 bits per heavy atom. The normalized spacial score (nSPS) is 11.9. The summed E-state index contributed by atoms with van der Waals surface area (Å²) >= 11 is 1.35. The third-order valence-electron chi connectivity index (χ3n) is 2.12. The molecule has 0 saturated heterocycles. The van der Waals surface area contributed by atoms with Gasteiger partial charge in [0.05, 0.1) is 0 Å². The first-order valence-corrected chi connectivity index (χ1v) is 5.89. The molecule has 0 bridgehead atoms. The molecule has 2 rings (SSSR count). The Balaban J connectivity index is 2.36. The van der Waals surface area contributed by atoms with Crippen LogP contribution in [-0.4, -0.2) is 26.4 Å². The van der Waals surface area contributed by atoms with Gasteiger partial charge in [-0.15, -0.1) is 0 Å². The highest BCUT2D eigenvalue weighted by Crippen LogP contribution is 2.28. The van der Waals surface area contributed by atoms with E-state index < -0.39 is 10.5 Å². The number of rotatable bonds is 4. The average molecular weight is 255 g/mol. The quantitative estimate of drug-likeness (QED) is 0.636. The summed E-state index contributed by atoms with van der Waals surface area (Å²) < 4.78 is 1.45. The second-order valence-electron chi connectivity index (χ2n) is 4.44. The molecule has 2 aromatic heterocycles. The largest absolute Gasteiger partial charge is 0.372 e. The van der Waals surface area contributed by atoms with E-state index in [1.165, 1.54) is 15.7 Å². The molecule has 2 aromatic rings. The maximum Gasteiger partial charge on any atom is 0.372 e. The van der Waals surface area contributed by atoms with Crippen molar-refractivity contribution in [3.05, 3.63) is 21.7 Å². The Labute approximate surface area is 101 Å². The van der Waals surface area contributed by atoms with Crippen LogP contribution in [0.25, 0.3) is 4.96 Å². The number of aromatic nitrogens is 2. The highest BCUT2D eigenvalue weighted by atomic mass is 32.1. The fourth-order valence-electron chi connectivity index (χ4n) is 1.38. The van der Waals surface area contributed by atoms with E-state index in [0.717, 1.165) is 0 Å². The summed E-state index contributed by atoms with van der Waals surface area (Å²) in [5.74, 6) is 0.214. The number of nitrogens with one attached hydrogen (secondary N) is 1. The summed E-state index contributed by atoms with van der Waals surface area (Å²) in [6.45, 7) is 4.09. The van der Waals surface area contributed by atoms with Crippen LogP contribution in [0.1, 0.15) is 13.8 Å². The molecule has 0 aliphatic heterocycles. The molecule has 0 aromatic carbocycles. The zero-order valence-corrected chi connectivity index (χ0v) is 10.3. The predicted octanol–water partition coefficient (Wildman–Crippen LogP) is 1.45. The van der Waals surface area contributed by atoms with E-state index in [9.17, 15) is 10.1 Å². The molecular weight excluding hydrogens is 242 g/mol. The highest BCUT2D eigenvalue weighted by molar-refractivity contribution is 7.15. The van der Waals surface area contributed by atoms with Crippen molar-refractivity contribution in [2.24, 2.45) is 5.73 Å². The van der Waals surface area contributed by atoms with Gasteiger partial charge in [-0.25, -0.2) is 0 Å². The Bertz CT molecular complexity index is 553. The van der Waals surface area contributed by atoms with E-state index in [0.29, 0.717) is 11.5 Å². The Hall–Kier alpha value is -1.67. The minimum Gasteiger partial charge on any atom is -0.361 e. The zero-order valence-electron chi connectivity index (χ0n) is 9.51. The number of hydrogen-bond donors (Lipinski definition) is 2. The lowest BCUT2D eigenvalue weighted by Crippen LogP contribution is -2.39. The van der Waals surface area contributed by atoms with Crippen LogP contribution in [0.5, 0.6) is 0 Å². The Morgan fingerprint density at radius 3 is 3.00 bits per heavy atom. The van der Waals surface area contributed by atoms with E-state index in [2.05, 4.69) is 10.3 Å². The molecule has 92 valence electrons. The number of thiazole rings is 1. The molecule has 0 spiro atoms. The fourth-order valence-corrected chi connectivity index (χ4v) is 2.09. The summed E-state index contributed by atoms with van der Waals surface area (Å²) in [6, 6.07) is 0. The van der Waals surface area contributed by atoms with Crippen molar-refractivity contribution < 1.29 is 4.92 Å². The predicted molar refractivity (Wildman–Crippen MR) is 66.5 cm³/mol. The summed E-state index contributed by atoms with van der Waals surface area (Å²) in [5.41, 5.74) is 5.36. The summed E-state index contributed by atoms with van der Waals surface area (Å²) in [6.07, 6.45) is 1.63. The summed E-state index contributed by atoms with van der Waals surface area (Å²) in [7, 11) is 0. The maximum atomic E-state index is 11.0. The topological polar surface area (TPSA) is 98.5 Å². The number of nitrogens with zero attached hydrogens (tertiary/aromatic N) is 3. The number of fused-ring (bicyclic) bond motifs is 1. The SMILES string of the molecule is CC(C)(N)CNc1nc2sccn2c1[N+](=O)[O-]. The van der Waals surface area contributed by atoms with E-state index in [1.54, 1.807) is 11.6 Å². The van der Waals surface area contributed by atoms with Crippen molar-refractivity contribution in [3.8, 4) is 0 Å². The smallest absolute Gasteiger partial charge is 0.361 e. The number of nitro groups is 1. The van der Waals surface area contributed by atoms with Crippen LogP contribution < -0.4 is 11.1 Å². The maximum absolute atomic E-state index is 11.0. The van der Waals surface area contributed by atoms with E-state index >= 15 is 0 Å². The van der Waals surface area contributed by atoms with E-state index in [1.807, 2.05) is 13.8 Å². The van der Waals surface area contributed by atoms with Crippen molar-refractivity contribution >= 4 is 27.9 Å². The molecule has 0 saturated carbocycles. The zero-order chi connectivity index (χ0) is 12.6. The molecule has 0 amide bonds. The van der Waals surface area contributed by atoms with Crippen molar-refractivity contribution in [2.45, 2.75) is 19.4 Å². The van der Waals surface area contributed by atoms with Crippen molar-refractivity contribution in [1.29, 1.82) is 0 Å². The molecule has 0 radical (unpaired) electrons. The molecule has 0 atom stereocenters. The van der Waals surface area contributed by atoms with Crippen LogP contribution in [0.15, 0.2) is 11.6 Å². The Morgan fingerprint density at radius 1 is 1.71 bits per heavy atom. The molecule has 17 heavy (non-hydrogen) atoms.